The topological polar surface area (TPSA) is 42.2 Å². The standard InChI is InChI=1S/C12H19N3/c1-15(12-3-2-11(13)8-12)9-10-4-6-14-7-5-10/h4-7,11-12H,2-3,8-9,13H2,1H3. The number of nitrogens with two attached hydrogens (primary N) is 1. The van der Waals surface area contributed by atoms with Crippen LogP contribution < -0.4 is 5.73 Å². The second kappa shape index (κ2) is 4.73. The first kappa shape index (κ1) is 10.6. The molecule has 0 amide bonds. The normalized spacial score (nSPS) is 26.1. The van der Waals surface area contributed by atoms with Crippen LogP contribution in [-0.4, -0.2) is 29.0 Å². The van der Waals surface area contributed by atoms with Crippen molar-refractivity contribution in [3.8, 4) is 0 Å². The van der Waals surface area contributed by atoms with Gasteiger partial charge in [-0.15, -0.1) is 0 Å². The van der Waals surface area contributed by atoms with Crippen molar-refractivity contribution in [1.29, 1.82) is 0 Å². The lowest BCUT2D eigenvalue weighted by Gasteiger charge is -2.24. The zero-order valence-electron chi connectivity index (χ0n) is 9.26. The van der Waals surface area contributed by atoms with Gasteiger partial charge in [-0.2, -0.15) is 0 Å². The second-order valence-electron chi connectivity index (χ2n) is 4.50. The second-order valence-corrected chi connectivity index (χ2v) is 4.50. The van der Waals surface area contributed by atoms with E-state index in [9.17, 15) is 0 Å². The summed E-state index contributed by atoms with van der Waals surface area (Å²) in [7, 11) is 2.18. The van der Waals surface area contributed by atoms with E-state index in [2.05, 4.69) is 29.1 Å². The first-order chi connectivity index (χ1) is 7.25. The lowest BCUT2D eigenvalue weighted by molar-refractivity contribution is 0.235. The molecule has 2 unspecified atom stereocenters. The van der Waals surface area contributed by atoms with Gasteiger partial charge in [-0.3, -0.25) is 9.88 Å². The summed E-state index contributed by atoms with van der Waals surface area (Å²) in [5, 5.41) is 0. The van der Waals surface area contributed by atoms with Crippen molar-refractivity contribution < 1.29 is 0 Å². The minimum Gasteiger partial charge on any atom is -0.328 e. The van der Waals surface area contributed by atoms with Crippen LogP contribution in [0.25, 0.3) is 0 Å². The van der Waals surface area contributed by atoms with E-state index in [1.54, 1.807) is 0 Å². The number of nitrogens with zero attached hydrogens (tertiary/aromatic N) is 2. The molecule has 0 spiro atoms. The molecule has 0 aliphatic heterocycles. The molecule has 2 rings (SSSR count). The smallest absolute Gasteiger partial charge is 0.0271 e. The van der Waals surface area contributed by atoms with Crippen LogP contribution in [0.5, 0.6) is 0 Å². The molecule has 1 saturated carbocycles. The van der Waals surface area contributed by atoms with Gasteiger partial charge in [0.1, 0.15) is 0 Å². The third-order valence-corrected chi connectivity index (χ3v) is 3.25. The molecule has 0 radical (unpaired) electrons. The minimum atomic E-state index is 0.412. The summed E-state index contributed by atoms with van der Waals surface area (Å²) in [6.07, 6.45) is 7.25. The fourth-order valence-corrected chi connectivity index (χ4v) is 2.30. The van der Waals surface area contributed by atoms with Crippen molar-refractivity contribution in [2.75, 3.05) is 7.05 Å². The molecule has 1 aliphatic rings. The summed E-state index contributed by atoms with van der Waals surface area (Å²) < 4.78 is 0. The van der Waals surface area contributed by atoms with Crippen molar-refractivity contribution in [3.63, 3.8) is 0 Å². The highest BCUT2D eigenvalue weighted by Crippen LogP contribution is 2.22. The molecule has 0 aromatic carbocycles. The van der Waals surface area contributed by atoms with Crippen molar-refractivity contribution >= 4 is 0 Å². The van der Waals surface area contributed by atoms with Crippen LogP contribution in [-0.2, 0) is 6.54 Å². The van der Waals surface area contributed by atoms with E-state index in [0.29, 0.717) is 12.1 Å². The van der Waals surface area contributed by atoms with E-state index < -0.39 is 0 Å². The first-order valence-corrected chi connectivity index (χ1v) is 5.60. The van der Waals surface area contributed by atoms with Crippen molar-refractivity contribution in [3.05, 3.63) is 30.1 Å². The van der Waals surface area contributed by atoms with Crippen LogP contribution in [0, 0.1) is 0 Å². The molecule has 15 heavy (non-hydrogen) atoms. The first-order valence-electron chi connectivity index (χ1n) is 5.60. The summed E-state index contributed by atoms with van der Waals surface area (Å²) >= 11 is 0. The number of hydrogen-bond donors (Lipinski definition) is 1. The van der Waals surface area contributed by atoms with Gasteiger partial charge in [0.15, 0.2) is 0 Å². The Bertz CT molecular complexity index is 299. The lowest BCUT2D eigenvalue weighted by Crippen LogP contribution is -2.30. The number of hydrogen-bond acceptors (Lipinski definition) is 3. The zero-order chi connectivity index (χ0) is 10.7. The quantitative estimate of drug-likeness (QED) is 0.811. The Kier molecular flexibility index (Phi) is 3.34. The number of rotatable bonds is 3. The molecule has 3 nitrogen and oxygen atoms in total. The molecule has 0 bridgehead atoms. The molecule has 1 heterocycles. The maximum Gasteiger partial charge on any atom is 0.0271 e. The van der Waals surface area contributed by atoms with Gasteiger partial charge < -0.3 is 5.73 Å². The molecule has 0 saturated heterocycles. The van der Waals surface area contributed by atoms with Crippen LogP contribution in [0.3, 0.4) is 0 Å². The van der Waals surface area contributed by atoms with Crippen LogP contribution in [0.2, 0.25) is 0 Å². The maximum absolute atomic E-state index is 5.92. The summed E-state index contributed by atoms with van der Waals surface area (Å²) in [5.41, 5.74) is 7.25. The Hall–Kier alpha value is -0.930. The average Bonchev–Trinajstić information content (AvgIpc) is 2.66. The summed E-state index contributed by atoms with van der Waals surface area (Å²) in [6.45, 7) is 1.000. The van der Waals surface area contributed by atoms with Gasteiger partial charge in [0.2, 0.25) is 0 Å². The zero-order valence-corrected chi connectivity index (χ0v) is 9.26. The number of aromatic nitrogens is 1. The molecule has 2 atom stereocenters. The summed E-state index contributed by atoms with van der Waals surface area (Å²) in [4.78, 5) is 6.43. The molecule has 3 heteroatoms. The Labute approximate surface area is 91.3 Å². The Balaban J connectivity index is 1.90. The molecular weight excluding hydrogens is 186 g/mol. The van der Waals surface area contributed by atoms with E-state index >= 15 is 0 Å². The van der Waals surface area contributed by atoms with E-state index in [0.717, 1.165) is 13.0 Å². The fraction of sp³-hybridized carbons (Fsp3) is 0.583. The van der Waals surface area contributed by atoms with Crippen molar-refractivity contribution in [1.82, 2.24) is 9.88 Å². The van der Waals surface area contributed by atoms with Crippen LogP contribution >= 0.6 is 0 Å². The highest BCUT2D eigenvalue weighted by Gasteiger charge is 2.24. The van der Waals surface area contributed by atoms with Gasteiger partial charge in [0, 0.05) is 31.0 Å². The highest BCUT2D eigenvalue weighted by atomic mass is 15.1. The SMILES string of the molecule is CN(Cc1ccncc1)C1CCC(N)C1. The molecule has 2 N–H and O–H groups in total. The van der Waals surface area contributed by atoms with E-state index in [1.165, 1.54) is 18.4 Å². The fourth-order valence-electron chi connectivity index (χ4n) is 2.30. The molecule has 82 valence electrons. The van der Waals surface area contributed by atoms with Crippen molar-refractivity contribution in [2.24, 2.45) is 5.73 Å². The Morgan fingerprint density at radius 1 is 1.40 bits per heavy atom. The van der Waals surface area contributed by atoms with Crippen LogP contribution in [0.4, 0.5) is 0 Å². The Morgan fingerprint density at radius 2 is 2.13 bits per heavy atom. The predicted molar refractivity (Wildman–Crippen MR) is 61.3 cm³/mol. The average molecular weight is 205 g/mol. The lowest BCUT2D eigenvalue weighted by atomic mass is 10.2. The monoisotopic (exact) mass is 205 g/mol. The van der Waals surface area contributed by atoms with Gasteiger partial charge in [-0.1, -0.05) is 0 Å². The van der Waals surface area contributed by atoms with E-state index in [4.69, 9.17) is 5.73 Å². The van der Waals surface area contributed by atoms with Gasteiger partial charge >= 0.3 is 0 Å². The summed E-state index contributed by atoms with van der Waals surface area (Å²) in [5.74, 6) is 0. The van der Waals surface area contributed by atoms with Gasteiger partial charge in [0.05, 0.1) is 0 Å². The predicted octanol–water partition coefficient (Wildman–Crippen LogP) is 1.39. The maximum atomic E-state index is 5.92. The molecule has 1 aromatic rings. The number of pyridine rings is 1. The van der Waals surface area contributed by atoms with E-state index in [-0.39, 0.29) is 0 Å². The third-order valence-electron chi connectivity index (χ3n) is 3.25. The Morgan fingerprint density at radius 3 is 2.73 bits per heavy atom. The molecule has 1 fully saturated rings. The third kappa shape index (κ3) is 2.76. The minimum absolute atomic E-state index is 0.412. The molecule has 1 aromatic heterocycles. The van der Waals surface area contributed by atoms with Gasteiger partial charge in [-0.25, -0.2) is 0 Å². The van der Waals surface area contributed by atoms with Gasteiger partial charge in [-0.05, 0) is 44.0 Å². The van der Waals surface area contributed by atoms with E-state index in [1.807, 2.05) is 12.4 Å². The van der Waals surface area contributed by atoms with Crippen LogP contribution in [0.1, 0.15) is 24.8 Å². The van der Waals surface area contributed by atoms with Crippen molar-refractivity contribution in [2.45, 2.75) is 37.9 Å². The van der Waals surface area contributed by atoms with Crippen LogP contribution in [0.15, 0.2) is 24.5 Å². The highest BCUT2D eigenvalue weighted by molar-refractivity contribution is 5.09. The van der Waals surface area contributed by atoms with Gasteiger partial charge in [0.25, 0.3) is 0 Å². The molecule has 1 aliphatic carbocycles. The summed E-state index contributed by atoms with van der Waals surface area (Å²) in [6, 6.07) is 5.22. The largest absolute Gasteiger partial charge is 0.328 e. The molecular formula is C12H19N3.